The first kappa shape index (κ1) is 13.8. The van der Waals surface area contributed by atoms with Gasteiger partial charge in [0.2, 0.25) is 0 Å². The van der Waals surface area contributed by atoms with Crippen LogP contribution in [0.3, 0.4) is 0 Å². The molecule has 19 heavy (non-hydrogen) atoms. The van der Waals surface area contributed by atoms with E-state index in [1.165, 1.54) is 0 Å². The molecule has 1 saturated heterocycles. The summed E-state index contributed by atoms with van der Waals surface area (Å²) in [5.41, 5.74) is 0.141. The quantitative estimate of drug-likeness (QED) is 0.827. The van der Waals surface area contributed by atoms with E-state index < -0.39 is 11.6 Å². The van der Waals surface area contributed by atoms with Crippen LogP contribution in [-0.2, 0) is 4.79 Å². The molecule has 1 heterocycles. The van der Waals surface area contributed by atoms with E-state index in [1.807, 2.05) is 31.2 Å². The number of hydrogen-bond donors (Lipinski definition) is 2. The molecule has 0 amide bonds. The third-order valence-corrected chi connectivity index (χ3v) is 3.27. The number of nitrogens with zero attached hydrogens (tertiary/aromatic N) is 1. The lowest BCUT2D eigenvalue weighted by atomic mass is 10.1. The van der Waals surface area contributed by atoms with E-state index in [9.17, 15) is 9.90 Å². The summed E-state index contributed by atoms with van der Waals surface area (Å²) in [5.74, 6) is -0.144. The Morgan fingerprint density at radius 1 is 1.53 bits per heavy atom. The van der Waals surface area contributed by atoms with Crippen molar-refractivity contribution in [2.24, 2.45) is 0 Å². The largest absolute Gasteiger partial charge is 0.491 e. The number of aryl methyl sites for hydroxylation is 1. The first-order chi connectivity index (χ1) is 8.97. The van der Waals surface area contributed by atoms with E-state index in [0.29, 0.717) is 19.5 Å². The Morgan fingerprint density at radius 3 is 3.00 bits per heavy atom. The van der Waals surface area contributed by atoms with E-state index in [4.69, 9.17) is 9.84 Å². The Hall–Kier alpha value is -1.59. The minimum Gasteiger partial charge on any atom is -0.491 e. The summed E-state index contributed by atoms with van der Waals surface area (Å²) in [4.78, 5) is 12.4. The van der Waals surface area contributed by atoms with Crippen LogP contribution in [0.15, 0.2) is 24.3 Å². The molecule has 2 rings (SSSR count). The maximum Gasteiger partial charge on any atom is 0.317 e. The molecule has 0 aromatic heterocycles. The number of aliphatic carboxylic acids is 1. The molecule has 1 aromatic rings. The standard InChI is InChI=1S/C14H19NO4/c1-11-3-2-4-12(7-11)19-10-14(18)5-6-15(9-14)8-13(16)17/h2-4,7,18H,5-6,8-10H2,1H3,(H,16,17). The molecule has 1 fully saturated rings. The zero-order chi connectivity index (χ0) is 13.9. The summed E-state index contributed by atoms with van der Waals surface area (Å²) in [6.07, 6.45) is 0.534. The fourth-order valence-corrected chi connectivity index (χ4v) is 2.31. The molecule has 1 aromatic carbocycles. The van der Waals surface area contributed by atoms with Crippen molar-refractivity contribution in [3.63, 3.8) is 0 Å². The van der Waals surface area contributed by atoms with Crippen LogP contribution in [0.2, 0.25) is 0 Å². The van der Waals surface area contributed by atoms with E-state index in [1.54, 1.807) is 4.90 Å². The van der Waals surface area contributed by atoms with Crippen molar-refractivity contribution in [1.29, 1.82) is 0 Å². The van der Waals surface area contributed by atoms with Gasteiger partial charge in [-0.3, -0.25) is 9.69 Å². The number of hydrogen-bond acceptors (Lipinski definition) is 4. The van der Waals surface area contributed by atoms with Crippen LogP contribution < -0.4 is 4.74 Å². The minimum atomic E-state index is -0.959. The Balaban J connectivity index is 1.87. The number of carboxylic acids is 1. The topological polar surface area (TPSA) is 70.0 Å². The molecular weight excluding hydrogens is 246 g/mol. The third-order valence-electron chi connectivity index (χ3n) is 3.27. The predicted octanol–water partition coefficient (Wildman–Crippen LogP) is 0.895. The summed E-state index contributed by atoms with van der Waals surface area (Å²) in [6, 6.07) is 7.64. The molecule has 1 aliphatic rings. The van der Waals surface area contributed by atoms with Crippen LogP contribution in [0.5, 0.6) is 5.75 Å². The maximum atomic E-state index is 10.6. The molecular formula is C14H19NO4. The number of carbonyl (C=O) groups is 1. The molecule has 1 unspecified atom stereocenters. The molecule has 0 bridgehead atoms. The number of aliphatic hydroxyl groups is 1. The van der Waals surface area contributed by atoms with Crippen molar-refractivity contribution < 1.29 is 19.7 Å². The van der Waals surface area contributed by atoms with E-state index in [2.05, 4.69) is 0 Å². The lowest BCUT2D eigenvalue weighted by molar-refractivity contribution is -0.138. The fourth-order valence-electron chi connectivity index (χ4n) is 2.31. The van der Waals surface area contributed by atoms with Crippen LogP contribution in [-0.4, -0.2) is 52.9 Å². The zero-order valence-corrected chi connectivity index (χ0v) is 11.0. The van der Waals surface area contributed by atoms with Crippen molar-refractivity contribution >= 4 is 5.97 Å². The molecule has 104 valence electrons. The Morgan fingerprint density at radius 2 is 2.32 bits per heavy atom. The Bertz CT molecular complexity index is 463. The van der Waals surface area contributed by atoms with Gasteiger partial charge in [0.15, 0.2) is 0 Å². The summed E-state index contributed by atoms with van der Waals surface area (Å²) in [5, 5.41) is 19.1. The van der Waals surface area contributed by atoms with Gasteiger partial charge in [-0.15, -0.1) is 0 Å². The van der Waals surface area contributed by atoms with Crippen molar-refractivity contribution in [2.45, 2.75) is 18.9 Å². The average molecular weight is 265 g/mol. The number of benzene rings is 1. The zero-order valence-electron chi connectivity index (χ0n) is 11.0. The van der Waals surface area contributed by atoms with Gasteiger partial charge in [0.1, 0.15) is 18.0 Å². The fraction of sp³-hybridized carbons (Fsp3) is 0.500. The highest BCUT2D eigenvalue weighted by molar-refractivity contribution is 5.69. The monoisotopic (exact) mass is 265 g/mol. The SMILES string of the molecule is Cc1cccc(OCC2(O)CCN(CC(=O)O)C2)c1. The third kappa shape index (κ3) is 3.94. The van der Waals surface area contributed by atoms with E-state index in [-0.39, 0.29) is 13.2 Å². The molecule has 1 aliphatic heterocycles. The van der Waals surface area contributed by atoms with Crippen LogP contribution >= 0.6 is 0 Å². The number of rotatable bonds is 5. The van der Waals surface area contributed by atoms with Crippen molar-refractivity contribution in [3.05, 3.63) is 29.8 Å². The lowest BCUT2D eigenvalue weighted by Crippen LogP contribution is -2.40. The first-order valence-electron chi connectivity index (χ1n) is 6.33. The number of β-amino-alcohol motifs (C(OH)–C–C–N with tert-alkyl or cyclic N) is 1. The Labute approximate surface area is 112 Å². The molecule has 0 radical (unpaired) electrons. The normalized spacial score (nSPS) is 23.5. The highest BCUT2D eigenvalue weighted by atomic mass is 16.5. The highest BCUT2D eigenvalue weighted by Gasteiger charge is 2.37. The van der Waals surface area contributed by atoms with E-state index >= 15 is 0 Å². The van der Waals surface area contributed by atoms with Gasteiger partial charge in [0.25, 0.3) is 0 Å². The summed E-state index contributed by atoms with van der Waals surface area (Å²) < 4.78 is 5.60. The van der Waals surface area contributed by atoms with Crippen molar-refractivity contribution in [3.8, 4) is 5.75 Å². The number of likely N-dealkylation sites (tertiary alicyclic amines) is 1. The first-order valence-corrected chi connectivity index (χ1v) is 6.33. The molecule has 5 heteroatoms. The lowest BCUT2D eigenvalue weighted by Gasteiger charge is -2.23. The van der Waals surface area contributed by atoms with E-state index in [0.717, 1.165) is 11.3 Å². The molecule has 2 N–H and O–H groups in total. The van der Waals surface area contributed by atoms with Gasteiger partial charge in [-0.05, 0) is 31.0 Å². The molecule has 0 aliphatic carbocycles. The summed E-state index contributed by atoms with van der Waals surface area (Å²) in [7, 11) is 0. The summed E-state index contributed by atoms with van der Waals surface area (Å²) in [6.45, 7) is 3.05. The minimum absolute atomic E-state index is 0.0350. The molecule has 1 atom stereocenters. The van der Waals surface area contributed by atoms with Crippen LogP contribution in [0.4, 0.5) is 0 Å². The second-order valence-corrected chi connectivity index (χ2v) is 5.18. The number of ether oxygens (including phenoxy) is 1. The highest BCUT2D eigenvalue weighted by Crippen LogP contribution is 2.23. The molecule has 0 spiro atoms. The predicted molar refractivity (Wildman–Crippen MR) is 70.3 cm³/mol. The molecule has 0 saturated carbocycles. The number of carboxylic acid groups (broad SMARTS) is 1. The van der Waals surface area contributed by atoms with Gasteiger partial charge in [0, 0.05) is 13.1 Å². The van der Waals surface area contributed by atoms with Gasteiger partial charge in [-0.1, -0.05) is 12.1 Å². The second kappa shape index (κ2) is 5.59. The second-order valence-electron chi connectivity index (χ2n) is 5.18. The van der Waals surface area contributed by atoms with Crippen LogP contribution in [0.25, 0.3) is 0 Å². The van der Waals surface area contributed by atoms with Gasteiger partial charge < -0.3 is 14.9 Å². The Kier molecular flexibility index (Phi) is 4.07. The van der Waals surface area contributed by atoms with Gasteiger partial charge >= 0.3 is 5.97 Å². The van der Waals surface area contributed by atoms with Gasteiger partial charge in [-0.25, -0.2) is 0 Å². The van der Waals surface area contributed by atoms with Gasteiger partial charge in [0.05, 0.1) is 6.54 Å². The van der Waals surface area contributed by atoms with Gasteiger partial charge in [-0.2, -0.15) is 0 Å². The summed E-state index contributed by atoms with van der Waals surface area (Å²) >= 11 is 0. The van der Waals surface area contributed by atoms with Crippen LogP contribution in [0, 0.1) is 6.92 Å². The smallest absolute Gasteiger partial charge is 0.317 e. The average Bonchev–Trinajstić information content (AvgIpc) is 2.68. The maximum absolute atomic E-state index is 10.6. The molecule has 5 nitrogen and oxygen atoms in total. The van der Waals surface area contributed by atoms with Crippen LogP contribution in [0.1, 0.15) is 12.0 Å². The van der Waals surface area contributed by atoms with Crippen molar-refractivity contribution in [2.75, 3.05) is 26.2 Å². The van der Waals surface area contributed by atoms with Crippen molar-refractivity contribution in [1.82, 2.24) is 4.90 Å².